The second-order valence-corrected chi connectivity index (χ2v) is 5.49. The standard InChI is InChI=1S/C16H24N2O2/c1-4-20-14-10-6-9-13(17)15(14)16(19)18-11(2)7-5-8-12(18)3/h6,9-12H,4-5,7-8,17H2,1-3H3. The highest BCUT2D eigenvalue weighted by Gasteiger charge is 2.32. The zero-order valence-electron chi connectivity index (χ0n) is 12.6. The van der Waals surface area contributed by atoms with Gasteiger partial charge >= 0.3 is 0 Å². The number of anilines is 1. The van der Waals surface area contributed by atoms with E-state index in [0.29, 0.717) is 23.6 Å². The van der Waals surface area contributed by atoms with E-state index in [4.69, 9.17) is 10.5 Å². The number of benzene rings is 1. The van der Waals surface area contributed by atoms with Gasteiger partial charge in [0.2, 0.25) is 0 Å². The van der Waals surface area contributed by atoms with Crippen molar-refractivity contribution >= 4 is 11.6 Å². The average molecular weight is 276 g/mol. The summed E-state index contributed by atoms with van der Waals surface area (Å²) in [6.07, 6.45) is 3.27. The van der Waals surface area contributed by atoms with Gasteiger partial charge in [-0.15, -0.1) is 0 Å². The number of hydrogen-bond acceptors (Lipinski definition) is 3. The number of carbonyl (C=O) groups is 1. The Balaban J connectivity index is 2.37. The van der Waals surface area contributed by atoms with Crippen LogP contribution in [0.4, 0.5) is 5.69 Å². The molecule has 0 bridgehead atoms. The maximum absolute atomic E-state index is 12.9. The van der Waals surface area contributed by atoms with Gasteiger partial charge in [0.1, 0.15) is 11.3 Å². The van der Waals surface area contributed by atoms with Crippen molar-refractivity contribution < 1.29 is 9.53 Å². The minimum absolute atomic E-state index is 0.00810. The fourth-order valence-corrected chi connectivity index (χ4v) is 3.00. The number of nitrogen functional groups attached to an aromatic ring is 1. The summed E-state index contributed by atoms with van der Waals surface area (Å²) in [5.41, 5.74) is 7.02. The van der Waals surface area contributed by atoms with Crippen LogP contribution in [-0.4, -0.2) is 29.5 Å². The number of amides is 1. The van der Waals surface area contributed by atoms with Crippen LogP contribution in [0.3, 0.4) is 0 Å². The minimum Gasteiger partial charge on any atom is -0.493 e. The lowest BCUT2D eigenvalue weighted by Gasteiger charge is -2.39. The number of likely N-dealkylation sites (tertiary alicyclic amines) is 1. The first-order valence-electron chi connectivity index (χ1n) is 7.40. The fraction of sp³-hybridized carbons (Fsp3) is 0.562. The Kier molecular flexibility index (Phi) is 4.53. The molecule has 4 nitrogen and oxygen atoms in total. The van der Waals surface area contributed by atoms with Gasteiger partial charge in [0, 0.05) is 17.8 Å². The summed E-state index contributed by atoms with van der Waals surface area (Å²) < 4.78 is 5.57. The largest absolute Gasteiger partial charge is 0.493 e. The van der Waals surface area contributed by atoms with Gasteiger partial charge in [-0.05, 0) is 52.2 Å². The summed E-state index contributed by atoms with van der Waals surface area (Å²) in [6, 6.07) is 5.89. The van der Waals surface area contributed by atoms with Crippen LogP contribution in [0.25, 0.3) is 0 Å². The number of hydrogen-bond donors (Lipinski definition) is 1. The van der Waals surface area contributed by atoms with Crippen LogP contribution in [0.2, 0.25) is 0 Å². The molecule has 2 rings (SSSR count). The topological polar surface area (TPSA) is 55.6 Å². The van der Waals surface area contributed by atoms with Crippen LogP contribution in [0.15, 0.2) is 18.2 Å². The molecule has 1 amide bonds. The summed E-state index contributed by atoms with van der Waals surface area (Å²) in [5.74, 6) is 0.578. The van der Waals surface area contributed by atoms with Crippen molar-refractivity contribution in [3.8, 4) is 5.75 Å². The van der Waals surface area contributed by atoms with Gasteiger partial charge in [-0.1, -0.05) is 6.07 Å². The number of ether oxygens (including phenoxy) is 1. The zero-order valence-corrected chi connectivity index (χ0v) is 12.6. The molecule has 1 aliphatic rings. The van der Waals surface area contributed by atoms with E-state index >= 15 is 0 Å². The molecule has 0 radical (unpaired) electrons. The van der Waals surface area contributed by atoms with E-state index in [2.05, 4.69) is 13.8 Å². The van der Waals surface area contributed by atoms with Gasteiger partial charge in [-0.2, -0.15) is 0 Å². The Hall–Kier alpha value is -1.71. The van der Waals surface area contributed by atoms with E-state index in [9.17, 15) is 4.79 Å². The predicted molar refractivity (Wildman–Crippen MR) is 81.0 cm³/mol. The van der Waals surface area contributed by atoms with Crippen LogP contribution in [0, 0.1) is 0 Å². The molecule has 0 spiro atoms. The zero-order chi connectivity index (χ0) is 14.7. The first-order valence-corrected chi connectivity index (χ1v) is 7.40. The Morgan fingerprint density at radius 1 is 1.35 bits per heavy atom. The van der Waals surface area contributed by atoms with Crippen molar-refractivity contribution in [2.45, 2.75) is 52.1 Å². The lowest BCUT2D eigenvalue weighted by atomic mass is 9.96. The van der Waals surface area contributed by atoms with Gasteiger partial charge < -0.3 is 15.4 Å². The van der Waals surface area contributed by atoms with Gasteiger partial charge in [-0.25, -0.2) is 0 Å². The third-order valence-electron chi connectivity index (χ3n) is 4.00. The number of carbonyl (C=O) groups excluding carboxylic acids is 1. The molecule has 0 aromatic heterocycles. The molecular formula is C16H24N2O2. The van der Waals surface area contributed by atoms with Crippen LogP contribution >= 0.6 is 0 Å². The molecule has 110 valence electrons. The Morgan fingerprint density at radius 3 is 2.60 bits per heavy atom. The molecule has 20 heavy (non-hydrogen) atoms. The fourth-order valence-electron chi connectivity index (χ4n) is 3.00. The maximum Gasteiger partial charge on any atom is 0.260 e. The van der Waals surface area contributed by atoms with E-state index in [1.165, 1.54) is 6.42 Å². The van der Waals surface area contributed by atoms with Crippen LogP contribution in [-0.2, 0) is 0 Å². The van der Waals surface area contributed by atoms with Crippen molar-refractivity contribution in [1.82, 2.24) is 4.90 Å². The highest BCUT2D eigenvalue weighted by molar-refractivity contribution is 6.02. The molecule has 1 aromatic rings. The first-order chi connectivity index (χ1) is 9.56. The number of piperidine rings is 1. The van der Waals surface area contributed by atoms with E-state index in [1.54, 1.807) is 6.07 Å². The van der Waals surface area contributed by atoms with Crippen LogP contribution < -0.4 is 10.5 Å². The third kappa shape index (κ3) is 2.74. The van der Waals surface area contributed by atoms with Crippen molar-refractivity contribution in [3.63, 3.8) is 0 Å². The van der Waals surface area contributed by atoms with E-state index < -0.39 is 0 Å². The summed E-state index contributed by atoms with van der Waals surface area (Å²) in [5, 5.41) is 0. The molecule has 1 aliphatic heterocycles. The van der Waals surface area contributed by atoms with Crippen LogP contribution in [0.5, 0.6) is 5.75 Å². The Labute approximate surface area is 120 Å². The van der Waals surface area contributed by atoms with E-state index in [1.807, 2.05) is 24.0 Å². The van der Waals surface area contributed by atoms with Gasteiger partial charge in [-0.3, -0.25) is 4.79 Å². The lowest BCUT2D eigenvalue weighted by Crippen LogP contribution is -2.47. The summed E-state index contributed by atoms with van der Waals surface area (Å²) in [6.45, 7) is 6.64. The monoisotopic (exact) mass is 276 g/mol. The summed E-state index contributed by atoms with van der Waals surface area (Å²) in [7, 11) is 0. The molecule has 1 heterocycles. The molecule has 0 saturated carbocycles. The SMILES string of the molecule is CCOc1cccc(N)c1C(=O)N1C(C)CCCC1C. The van der Waals surface area contributed by atoms with Gasteiger partial charge in [0.05, 0.1) is 6.61 Å². The minimum atomic E-state index is -0.00810. The van der Waals surface area contributed by atoms with E-state index in [0.717, 1.165) is 12.8 Å². The second-order valence-electron chi connectivity index (χ2n) is 5.49. The molecule has 1 fully saturated rings. The van der Waals surface area contributed by atoms with Crippen molar-refractivity contribution in [1.29, 1.82) is 0 Å². The number of nitrogens with zero attached hydrogens (tertiary/aromatic N) is 1. The van der Waals surface area contributed by atoms with Crippen LogP contribution in [0.1, 0.15) is 50.4 Å². The average Bonchev–Trinajstić information content (AvgIpc) is 2.38. The maximum atomic E-state index is 12.9. The van der Waals surface area contributed by atoms with Gasteiger partial charge in [0.15, 0.2) is 0 Å². The number of rotatable bonds is 3. The van der Waals surface area contributed by atoms with Crippen molar-refractivity contribution in [2.75, 3.05) is 12.3 Å². The Morgan fingerprint density at radius 2 is 2.00 bits per heavy atom. The molecule has 0 aliphatic carbocycles. The third-order valence-corrected chi connectivity index (χ3v) is 4.00. The first kappa shape index (κ1) is 14.7. The molecular weight excluding hydrogens is 252 g/mol. The second kappa shape index (κ2) is 6.16. The predicted octanol–water partition coefficient (Wildman–Crippen LogP) is 3.07. The normalized spacial score (nSPS) is 22.6. The Bertz CT molecular complexity index is 477. The molecule has 1 saturated heterocycles. The molecule has 2 unspecified atom stereocenters. The van der Waals surface area contributed by atoms with Crippen molar-refractivity contribution in [3.05, 3.63) is 23.8 Å². The summed E-state index contributed by atoms with van der Waals surface area (Å²) in [4.78, 5) is 14.9. The molecule has 1 aromatic carbocycles. The lowest BCUT2D eigenvalue weighted by molar-refractivity contribution is 0.0508. The van der Waals surface area contributed by atoms with E-state index in [-0.39, 0.29) is 18.0 Å². The molecule has 2 atom stereocenters. The number of nitrogens with two attached hydrogens (primary N) is 1. The summed E-state index contributed by atoms with van der Waals surface area (Å²) >= 11 is 0. The van der Waals surface area contributed by atoms with Gasteiger partial charge in [0.25, 0.3) is 5.91 Å². The highest BCUT2D eigenvalue weighted by atomic mass is 16.5. The molecule has 2 N–H and O–H groups in total. The van der Waals surface area contributed by atoms with Crippen molar-refractivity contribution in [2.24, 2.45) is 0 Å². The smallest absolute Gasteiger partial charge is 0.260 e. The quantitative estimate of drug-likeness (QED) is 0.863. The molecule has 4 heteroatoms. The highest BCUT2D eigenvalue weighted by Crippen LogP contribution is 2.31.